The van der Waals surface area contributed by atoms with Gasteiger partial charge in [-0.25, -0.2) is 0 Å². The number of unbranched alkanes of at least 4 members (excludes halogenated alkanes) is 5. The average molecular weight is 404 g/mol. The Kier molecular flexibility index (Phi) is 7.70. The van der Waals surface area contributed by atoms with Gasteiger partial charge in [0.25, 0.3) is 0 Å². The summed E-state index contributed by atoms with van der Waals surface area (Å²) in [5.74, 6) is -5.70. The molecule has 0 spiro atoms. The molecule has 1 aliphatic heterocycles. The van der Waals surface area contributed by atoms with E-state index in [4.69, 9.17) is 0 Å². The van der Waals surface area contributed by atoms with Gasteiger partial charge in [0.15, 0.2) is 6.67 Å². The van der Waals surface area contributed by atoms with Gasteiger partial charge in [-0.15, -0.1) is 0 Å². The van der Waals surface area contributed by atoms with E-state index in [0.29, 0.717) is 13.0 Å². The highest BCUT2D eigenvalue weighted by Crippen LogP contribution is 2.30. The van der Waals surface area contributed by atoms with Gasteiger partial charge < -0.3 is 4.90 Å². The molecule has 1 heterocycles. The number of nitrogens with zero attached hydrogens (tertiary/aromatic N) is 3. The van der Waals surface area contributed by atoms with E-state index in [0.717, 1.165) is 45.4 Å². The van der Waals surface area contributed by atoms with E-state index in [1.54, 1.807) is 0 Å². The van der Waals surface area contributed by atoms with Gasteiger partial charge in [-0.3, -0.25) is 9.59 Å². The molecule has 1 atom stereocenters. The van der Waals surface area contributed by atoms with Gasteiger partial charge in [0.05, 0.1) is 13.2 Å². The summed E-state index contributed by atoms with van der Waals surface area (Å²) >= 11 is 0. The first-order valence-electron chi connectivity index (χ1n) is 8.64. The van der Waals surface area contributed by atoms with E-state index in [-0.39, 0.29) is 6.67 Å². The van der Waals surface area contributed by atoms with Crippen molar-refractivity contribution in [3.8, 4) is 0 Å². The van der Waals surface area contributed by atoms with Crippen molar-refractivity contribution >= 4 is 11.8 Å². The molecule has 0 fully saturated rings. The molecule has 0 aromatic carbocycles. The van der Waals surface area contributed by atoms with E-state index < -0.39 is 33.8 Å². The lowest BCUT2D eigenvalue weighted by Crippen LogP contribution is -2.65. The topological polar surface area (TPSA) is 40.6 Å². The Morgan fingerprint density at radius 1 is 0.963 bits per heavy atom. The Morgan fingerprint density at radius 3 is 1.93 bits per heavy atom. The summed E-state index contributed by atoms with van der Waals surface area (Å²) in [6.45, 7) is 2.10. The number of hydrogen-bond acceptors (Lipinski definition) is 3. The first-order chi connectivity index (χ1) is 12.3. The van der Waals surface area contributed by atoms with Crippen molar-refractivity contribution in [1.29, 1.82) is 0 Å². The SMILES string of the molecule is CCCCCCCCN1C=C[N+](C)(N(C(=O)C(F)(F)F)C(=O)C(F)(F)F)C1. The molecule has 27 heavy (non-hydrogen) atoms. The number of rotatable bonds is 8. The van der Waals surface area contributed by atoms with Crippen LogP contribution >= 0.6 is 0 Å². The van der Waals surface area contributed by atoms with Crippen LogP contribution in [-0.2, 0) is 9.59 Å². The quantitative estimate of drug-likeness (QED) is 0.350. The first kappa shape index (κ1) is 23.3. The van der Waals surface area contributed by atoms with Crippen molar-refractivity contribution in [2.24, 2.45) is 0 Å². The largest absolute Gasteiger partial charge is 0.476 e. The summed E-state index contributed by atoms with van der Waals surface area (Å²) < 4.78 is 75.3. The number of alkyl halides is 6. The van der Waals surface area contributed by atoms with Gasteiger partial charge in [0.2, 0.25) is 0 Å². The van der Waals surface area contributed by atoms with Crippen LogP contribution in [0.25, 0.3) is 0 Å². The zero-order valence-electron chi connectivity index (χ0n) is 15.2. The maximum absolute atomic E-state index is 12.8. The Hall–Kier alpha value is -1.78. The monoisotopic (exact) mass is 404 g/mol. The molecular formula is C16H24F6N3O2+. The summed E-state index contributed by atoms with van der Waals surface area (Å²) in [4.78, 5) is 24.5. The van der Waals surface area contributed by atoms with Crippen molar-refractivity contribution in [2.45, 2.75) is 57.8 Å². The van der Waals surface area contributed by atoms with Crippen LogP contribution in [0.3, 0.4) is 0 Å². The summed E-state index contributed by atoms with van der Waals surface area (Å²) in [5, 5.41) is -0.780. The van der Waals surface area contributed by atoms with Crippen LogP contribution in [-0.4, -0.2) is 58.9 Å². The molecule has 0 saturated carbocycles. The minimum Gasteiger partial charge on any atom is -0.324 e. The van der Waals surface area contributed by atoms with Crippen LogP contribution in [0.2, 0.25) is 0 Å². The minimum atomic E-state index is -5.61. The second-order valence-corrected chi connectivity index (χ2v) is 6.65. The molecule has 2 amide bonds. The van der Waals surface area contributed by atoms with Crippen LogP contribution in [0.1, 0.15) is 45.4 Å². The van der Waals surface area contributed by atoms with E-state index in [9.17, 15) is 35.9 Å². The maximum Gasteiger partial charge on any atom is 0.476 e. The maximum atomic E-state index is 12.8. The molecule has 0 saturated heterocycles. The second kappa shape index (κ2) is 8.94. The van der Waals surface area contributed by atoms with Gasteiger partial charge in [0, 0.05) is 6.54 Å². The Morgan fingerprint density at radius 2 is 1.44 bits per heavy atom. The van der Waals surface area contributed by atoms with Crippen LogP contribution in [0, 0.1) is 0 Å². The Bertz CT molecular complexity index is 535. The molecule has 156 valence electrons. The Labute approximate surface area is 153 Å². The second-order valence-electron chi connectivity index (χ2n) is 6.65. The number of carbonyl (C=O) groups excluding carboxylic acids is 2. The smallest absolute Gasteiger partial charge is 0.324 e. The molecule has 11 heteroatoms. The van der Waals surface area contributed by atoms with E-state index in [1.165, 1.54) is 11.1 Å². The predicted molar refractivity (Wildman–Crippen MR) is 84.2 cm³/mol. The average Bonchev–Trinajstić information content (AvgIpc) is 2.91. The first-order valence-corrected chi connectivity index (χ1v) is 8.64. The van der Waals surface area contributed by atoms with Crippen LogP contribution in [0.15, 0.2) is 12.4 Å². The minimum absolute atomic E-state index is 0.376. The zero-order valence-corrected chi connectivity index (χ0v) is 15.2. The third kappa shape index (κ3) is 6.40. The van der Waals surface area contributed by atoms with Crippen LogP contribution < -0.4 is 0 Å². The van der Waals surface area contributed by atoms with Gasteiger partial charge >= 0.3 is 24.2 Å². The third-order valence-electron chi connectivity index (χ3n) is 4.19. The number of halogens is 6. The molecule has 1 unspecified atom stereocenters. The van der Waals surface area contributed by atoms with Crippen molar-refractivity contribution in [3.05, 3.63) is 12.4 Å². The van der Waals surface area contributed by atoms with Crippen molar-refractivity contribution in [2.75, 3.05) is 20.3 Å². The highest BCUT2D eigenvalue weighted by atomic mass is 19.4. The van der Waals surface area contributed by atoms with Crippen LogP contribution in [0.5, 0.6) is 0 Å². The standard InChI is InChI=1S/C16H24F6N3O2/c1-3-4-5-6-7-8-9-23-10-11-25(2,12-23)24(13(26)15(17,18)19)14(27)16(20,21)22/h10-11H,3-9,12H2,1-2H3/q+1. The molecule has 0 N–H and O–H groups in total. The van der Waals surface area contributed by atoms with Gasteiger partial charge in [-0.05, 0) is 6.42 Å². The van der Waals surface area contributed by atoms with Crippen LogP contribution in [0.4, 0.5) is 26.3 Å². The fraction of sp³-hybridized carbons (Fsp3) is 0.750. The van der Waals surface area contributed by atoms with Gasteiger partial charge in [0.1, 0.15) is 6.20 Å². The molecule has 1 aliphatic rings. The van der Waals surface area contributed by atoms with E-state index in [2.05, 4.69) is 6.92 Å². The lowest BCUT2D eigenvalue weighted by atomic mass is 10.1. The third-order valence-corrected chi connectivity index (χ3v) is 4.19. The van der Waals surface area contributed by atoms with Gasteiger partial charge in [-0.1, -0.05) is 44.0 Å². The van der Waals surface area contributed by atoms with Crippen molar-refractivity contribution in [3.63, 3.8) is 0 Å². The van der Waals surface area contributed by atoms with Crippen molar-refractivity contribution in [1.82, 2.24) is 9.91 Å². The highest BCUT2D eigenvalue weighted by molar-refractivity contribution is 5.98. The van der Waals surface area contributed by atoms with E-state index >= 15 is 0 Å². The number of amides is 2. The summed E-state index contributed by atoms with van der Waals surface area (Å²) in [6.07, 6.45) is -3.11. The zero-order chi connectivity index (χ0) is 20.9. The summed E-state index contributed by atoms with van der Waals surface area (Å²) in [6, 6.07) is 0. The molecule has 0 aromatic heterocycles. The van der Waals surface area contributed by atoms with Gasteiger partial charge in [-0.2, -0.15) is 30.9 Å². The number of carbonyl (C=O) groups is 2. The Balaban J connectivity index is 2.81. The summed E-state index contributed by atoms with van der Waals surface area (Å²) in [5.41, 5.74) is 0. The fourth-order valence-corrected chi connectivity index (χ4v) is 2.82. The lowest BCUT2D eigenvalue weighted by Gasteiger charge is -2.36. The molecule has 0 aliphatic carbocycles. The molecule has 0 bridgehead atoms. The fourth-order valence-electron chi connectivity index (χ4n) is 2.82. The molecule has 0 aromatic rings. The molecule has 0 radical (unpaired) electrons. The lowest BCUT2D eigenvalue weighted by molar-refractivity contribution is -0.953. The highest BCUT2D eigenvalue weighted by Gasteiger charge is 2.60. The predicted octanol–water partition coefficient (Wildman–Crippen LogP) is 3.93. The molecular weight excluding hydrogens is 380 g/mol. The normalized spacial score (nSPS) is 20.2. The molecule has 1 rings (SSSR count). The summed E-state index contributed by atoms with van der Waals surface area (Å²) in [7, 11) is 0.949. The molecule has 5 nitrogen and oxygen atoms in total. The van der Waals surface area contributed by atoms with Crippen molar-refractivity contribution < 1.29 is 40.5 Å². The number of imide groups is 1. The number of quaternary nitrogens is 1. The number of hydrogen-bond donors (Lipinski definition) is 0. The van der Waals surface area contributed by atoms with E-state index in [1.807, 2.05) is 0 Å².